The second-order valence-electron chi connectivity index (χ2n) is 5.81. The van der Waals surface area contributed by atoms with Crippen LogP contribution in [0.2, 0.25) is 5.02 Å². The Morgan fingerprint density at radius 2 is 2.12 bits per heavy atom. The summed E-state index contributed by atoms with van der Waals surface area (Å²) in [6.07, 6.45) is 3.63. The van der Waals surface area contributed by atoms with Crippen molar-refractivity contribution in [1.82, 2.24) is 5.32 Å². The standard InChI is InChI=1S/C20H26ClN3O/c1-5-9-17-18(13(3)25-6-2)19(14-10-7-8-11-16(14)21)15(12-23-4)20(22)24-17/h7-8,10-12,19,23H,3,5-6,9H2,1-2,4H3,(H2,22,24)/b15-12-. The molecule has 134 valence electrons. The van der Waals surface area contributed by atoms with Gasteiger partial charge < -0.3 is 15.8 Å². The molecule has 1 atom stereocenters. The van der Waals surface area contributed by atoms with Gasteiger partial charge in [0.25, 0.3) is 0 Å². The molecule has 1 unspecified atom stereocenters. The van der Waals surface area contributed by atoms with Crippen molar-refractivity contribution in [1.29, 1.82) is 0 Å². The Morgan fingerprint density at radius 1 is 1.40 bits per heavy atom. The fourth-order valence-electron chi connectivity index (χ4n) is 3.09. The molecule has 2 rings (SSSR count). The normalized spacial score (nSPS) is 19.0. The van der Waals surface area contributed by atoms with Crippen LogP contribution in [-0.2, 0) is 4.74 Å². The average Bonchev–Trinajstić information content (AvgIpc) is 2.58. The lowest BCUT2D eigenvalue weighted by atomic mass is 9.80. The predicted octanol–water partition coefficient (Wildman–Crippen LogP) is 4.50. The molecule has 0 saturated carbocycles. The van der Waals surface area contributed by atoms with Gasteiger partial charge in [0.1, 0.15) is 11.6 Å². The molecular formula is C20H26ClN3O. The molecular weight excluding hydrogens is 334 g/mol. The molecule has 0 aromatic heterocycles. The van der Waals surface area contributed by atoms with Crippen LogP contribution in [0.5, 0.6) is 0 Å². The van der Waals surface area contributed by atoms with E-state index in [9.17, 15) is 0 Å². The number of allylic oxidation sites excluding steroid dienone is 2. The summed E-state index contributed by atoms with van der Waals surface area (Å²) in [5.41, 5.74) is 9.99. The molecule has 0 radical (unpaired) electrons. The Balaban J connectivity index is 2.73. The summed E-state index contributed by atoms with van der Waals surface area (Å²) in [6, 6.07) is 7.79. The van der Waals surface area contributed by atoms with Gasteiger partial charge in [0, 0.05) is 35.3 Å². The maximum atomic E-state index is 6.52. The molecule has 0 bridgehead atoms. The van der Waals surface area contributed by atoms with E-state index < -0.39 is 0 Å². The highest BCUT2D eigenvalue weighted by atomic mass is 35.5. The summed E-state index contributed by atoms with van der Waals surface area (Å²) in [4.78, 5) is 4.64. The lowest BCUT2D eigenvalue weighted by Crippen LogP contribution is -2.28. The summed E-state index contributed by atoms with van der Waals surface area (Å²) in [6.45, 7) is 8.75. The van der Waals surface area contributed by atoms with Gasteiger partial charge in [-0.1, -0.05) is 49.7 Å². The quantitative estimate of drug-likeness (QED) is 0.704. The minimum Gasteiger partial charge on any atom is -0.494 e. The summed E-state index contributed by atoms with van der Waals surface area (Å²) >= 11 is 6.52. The van der Waals surface area contributed by atoms with E-state index in [1.54, 1.807) is 0 Å². The molecule has 1 heterocycles. The van der Waals surface area contributed by atoms with Crippen LogP contribution in [0, 0.1) is 0 Å². The number of nitrogens with one attached hydrogen (secondary N) is 1. The zero-order chi connectivity index (χ0) is 18.4. The van der Waals surface area contributed by atoms with Crippen LogP contribution in [-0.4, -0.2) is 19.5 Å². The summed E-state index contributed by atoms with van der Waals surface area (Å²) in [5.74, 6) is 0.948. The molecule has 4 nitrogen and oxygen atoms in total. The minimum atomic E-state index is -0.167. The van der Waals surface area contributed by atoms with E-state index in [4.69, 9.17) is 22.1 Å². The van der Waals surface area contributed by atoms with Gasteiger partial charge in [0.15, 0.2) is 0 Å². The molecule has 0 aliphatic carbocycles. The summed E-state index contributed by atoms with van der Waals surface area (Å²) < 4.78 is 5.76. The van der Waals surface area contributed by atoms with Crippen LogP contribution in [0.3, 0.4) is 0 Å². The third-order valence-electron chi connectivity index (χ3n) is 4.08. The van der Waals surface area contributed by atoms with Crippen LogP contribution in [0.25, 0.3) is 0 Å². The molecule has 3 N–H and O–H groups in total. The Bertz CT molecular complexity index is 734. The van der Waals surface area contributed by atoms with Gasteiger partial charge in [-0.05, 0) is 25.0 Å². The second kappa shape index (κ2) is 8.77. The number of ether oxygens (including phenoxy) is 1. The summed E-state index contributed by atoms with van der Waals surface area (Å²) in [7, 11) is 1.84. The predicted molar refractivity (Wildman–Crippen MR) is 106 cm³/mol. The maximum Gasteiger partial charge on any atom is 0.129 e. The molecule has 0 amide bonds. The first-order valence-corrected chi connectivity index (χ1v) is 8.94. The van der Waals surface area contributed by atoms with Crippen LogP contribution >= 0.6 is 11.6 Å². The van der Waals surface area contributed by atoms with Gasteiger partial charge in [-0.3, -0.25) is 0 Å². The number of aliphatic imine (C=N–C) groups is 1. The first-order valence-electron chi connectivity index (χ1n) is 8.56. The minimum absolute atomic E-state index is 0.167. The van der Waals surface area contributed by atoms with E-state index in [1.165, 1.54) is 0 Å². The van der Waals surface area contributed by atoms with E-state index in [-0.39, 0.29) is 5.92 Å². The largest absolute Gasteiger partial charge is 0.494 e. The van der Waals surface area contributed by atoms with Gasteiger partial charge in [-0.2, -0.15) is 0 Å². The van der Waals surface area contributed by atoms with Crippen LogP contribution in [0.1, 0.15) is 38.2 Å². The van der Waals surface area contributed by atoms with Crippen LogP contribution in [0.4, 0.5) is 0 Å². The topological polar surface area (TPSA) is 59.6 Å². The average molecular weight is 360 g/mol. The molecule has 1 aromatic rings. The molecule has 5 heteroatoms. The third kappa shape index (κ3) is 4.07. The molecule has 1 aliphatic heterocycles. The van der Waals surface area contributed by atoms with Crippen molar-refractivity contribution in [3.63, 3.8) is 0 Å². The first kappa shape index (κ1) is 19.1. The number of amidine groups is 1. The van der Waals surface area contributed by atoms with Gasteiger partial charge in [-0.15, -0.1) is 0 Å². The van der Waals surface area contributed by atoms with E-state index >= 15 is 0 Å². The fourth-order valence-corrected chi connectivity index (χ4v) is 3.33. The Labute approximate surface area is 155 Å². The Morgan fingerprint density at radius 3 is 2.72 bits per heavy atom. The lowest BCUT2D eigenvalue weighted by Gasteiger charge is -2.31. The van der Waals surface area contributed by atoms with Crippen molar-refractivity contribution in [3.05, 3.63) is 70.2 Å². The van der Waals surface area contributed by atoms with Gasteiger partial charge in [0.05, 0.1) is 12.3 Å². The maximum absolute atomic E-state index is 6.52. The highest BCUT2D eigenvalue weighted by molar-refractivity contribution is 6.31. The van der Waals surface area contributed by atoms with E-state index in [2.05, 4.69) is 23.8 Å². The van der Waals surface area contributed by atoms with Crippen molar-refractivity contribution < 1.29 is 4.74 Å². The monoisotopic (exact) mass is 359 g/mol. The molecule has 25 heavy (non-hydrogen) atoms. The molecule has 0 saturated heterocycles. The Hall–Kier alpha value is -2.20. The van der Waals surface area contributed by atoms with Crippen LogP contribution in [0.15, 0.2) is 64.6 Å². The van der Waals surface area contributed by atoms with E-state index in [0.29, 0.717) is 23.2 Å². The molecule has 1 aliphatic rings. The first-order chi connectivity index (χ1) is 12.0. The molecule has 0 fully saturated rings. The smallest absolute Gasteiger partial charge is 0.129 e. The highest BCUT2D eigenvalue weighted by Crippen LogP contribution is 2.44. The summed E-state index contributed by atoms with van der Waals surface area (Å²) in [5, 5.41) is 3.75. The number of nitrogens with two attached hydrogens (primary N) is 1. The SMILES string of the molecule is C=C(OCC)C1=C(CCC)N=C(N)/C(=C\NC)C1c1ccccc1Cl. The number of rotatable bonds is 7. The lowest BCUT2D eigenvalue weighted by molar-refractivity contribution is 0.236. The molecule has 0 spiro atoms. The number of hydrogen-bond acceptors (Lipinski definition) is 4. The number of hydrogen-bond donors (Lipinski definition) is 2. The number of nitrogens with zero attached hydrogens (tertiary/aromatic N) is 1. The Kier molecular flexibility index (Phi) is 6.71. The molecule has 1 aromatic carbocycles. The van der Waals surface area contributed by atoms with Crippen LogP contribution < -0.4 is 11.1 Å². The van der Waals surface area contributed by atoms with Gasteiger partial charge in [0.2, 0.25) is 0 Å². The van der Waals surface area contributed by atoms with Crippen molar-refractivity contribution in [2.75, 3.05) is 13.7 Å². The number of halogens is 1. The zero-order valence-electron chi connectivity index (χ0n) is 15.1. The zero-order valence-corrected chi connectivity index (χ0v) is 15.9. The number of benzene rings is 1. The van der Waals surface area contributed by atoms with Crippen molar-refractivity contribution >= 4 is 17.4 Å². The van der Waals surface area contributed by atoms with E-state index in [0.717, 1.165) is 35.2 Å². The van der Waals surface area contributed by atoms with Crippen molar-refractivity contribution in [3.8, 4) is 0 Å². The second-order valence-corrected chi connectivity index (χ2v) is 6.21. The third-order valence-corrected chi connectivity index (χ3v) is 4.43. The highest BCUT2D eigenvalue weighted by Gasteiger charge is 2.33. The van der Waals surface area contributed by atoms with Crippen molar-refractivity contribution in [2.24, 2.45) is 10.7 Å². The van der Waals surface area contributed by atoms with Gasteiger partial charge >= 0.3 is 0 Å². The van der Waals surface area contributed by atoms with Crippen molar-refractivity contribution in [2.45, 2.75) is 32.6 Å². The fraction of sp³-hybridized carbons (Fsp3) is 0.350. The van der Waals surface area contributed by atoms with E-state index in [1.807, 2.05) is 44.4 Å². The van der Waals surface area contributed by atoms with Gasteiger partial charge in [-0.25, -0.2) is 4.99 Å².